The highest BCUT2D eigenvalue weighted by Crippen LogP contribution is 2.16. The molecule has 0 saturated heterocycles. The minimum atomic E-state index is 0.0205. The molecule has 0 aliphatic rings. The van der Waals surface area contributed by atoms with E-state index in [0.717, 1.165) is 27.8 Å². The molecule has 1 aromatic rings. The Hall–Kier alpha value is -0.620. The van der Waals surface area contributed by atoms with Gasteiger partial charge in [-0.25, -0.2) is 0 Å². The third-order valence-electron chi connectivity index (χ3n) is 3.43. The lowest BCUT2D eigenvalue weighted by molar-refractivity contribution is 0.0937. The SMILES string of the molecule is CCN(CC)C(C)CNC(=O)c1cccc(C)c1I. The van der Waals surface area contributed by atoms with E-state index < -0.39 is 0 Å². The van der Waals surface area contributed by atoms with Crippen LogP contribution in [0.4, 0.5) is 0 Å². The van der Waals surface area contributed by atoms with Crippen molar-refractivity contribution in [2.24, 2.45) is 0 Å². The lowest BCUT2D eigenvalue weighted by Crippen LogP contribution is -2.42. The van der Waals surface area contributed by atoms with E-state index in [-0.39, 0.29) is 5.91 Å². The van der Waals surface area contributed by atoms with Crippen LogP contribution in [0.15, 0.2) is 18.2 Å². The largest absolute Gasteiger partial charge is 0.350 e. The topological polar surface area (TPSA) is 32.3 Å². The number of rotatable bonds is 6. The molecule has 0 spiro atoms. The predicted octanol–water partition coefficient (Wildman–Crippen LogP) is 3.06. The van der Waals surface area contributed by atoms with E-state index in [2.05, 4.69) is 53.6 Å². The Morgan fingerprint density at radius 2 is 2.00 bits per heavy atom. The first kappa shape index (κ1) is 16.4. The highest BCUT2D eigenvalue weighted by atomic mass is 127. The minimum Gasteiger partial charge on any atom is -0.350 e. The maximum Gasteiger partial charge on any atom is 0.252 e. The Kier molecular flexibility index (Phi) is 6.79. The summed E-state index contributed by atoms with van der Waals surface area (Å²) in [7, 11) is 0. The van der Waals surface area contributed by atoms with Gasteiger partial charge in [0.05, 0.1) is 5.56 Å². The third-order valence-corrected chi connectivity index (χ3v) is 4.86. The molecular formula is C15H23IN2O. The summed E-state index contributed by atoms with van der Waals surface area (Å²) in [6.07, 6.45) is 0. The first-order valence-electron chi connectivity index (χ1n) is 6.78. The highest BCUT2D eigenvalue weighted by Gasteiger charge is 2.14. The summed E-state index contributed by atoms with van der Waals surface area (Å²) in [5, 5.41) is 3.03. The Balaban J connectivity index is 2.63. The Morgan fingerprint density at radius 3 is 2.58 bits per heavy atom. The summed E-state index contributed by atoms with van der Waals surface area (Å²) in [5.41, 5.74) is 1.91. The summed E-state index contributed by atoms with van der Waals surface area (Å²) in [6, 6.07) is 6.20. The second-order valence-electron chi connectivity index (χ2n) is 4.72. The summed E-state index contributed by atoms with van der Waals surface area (Å²) < 4.78 is 1.04. The molecule has 0 heterocycles. The molecule has 0 aliphatic carbocycles. The van der Waals surface area contributed by atoms with Gasteiger partial charge in [0.25, 0.3) is 5.91 Å². The first-order chi connectivity index (χ1) is 9.01. The average molecular weight is 374 g/mol. The van der Waals surface area contributed by atoms with Crippen molar-refractivity contribution in [3.63, 3.8) is 0 Å². The zero-order chi connectivity index (χ0) is 14.4. The van der Waals surface area contributed by atoms with Crippen LogP contribution in [0, 0.1) is 10.5 Å². The second kappa shape index (κ2) is 7.85. The molecule has 1 amide bonds. The molecule has 0 saturated carbocycles. The van der Waals surface area contributed by atoms with Crippen molar-refractivity contribution >= 4 is 28.5 Å². The summed E-state index contributed by atoms with van der Waals surface area (Å²) >= 11 is 2.23. The standard InChI is InChI=1S/C15H23IN2O/c1-5-18(6-2)12(4)10-17-15(19)13-9-7-8-11(3)14(13)16/h7-9,12H,5-6,10H2,1-4H3,(H,17,19). The van der Waals surface area contributed by atoms with Gasteiger partial charge in [-0.1, -0.05) is 26.0 Å². The van der Waals surface area contributed by atoms with Crippen molar-refractivity contribution in [1.29, 1.82) is 0 Å². The molecule has 0 radical (unpaired) electrons. The van der Waals surface area contributed by atoms with Gasteiger partial charge in [0.1, 0.15) is 0 Å². The van der Waals surface area contributed by atoms with Crippen LogP contribution in [0.5, 0.6) is 0 Å². The van der Waals surface area contributed by atoms with E-state index in [1.807, 2.05) is 25.1 Å². The number of hydrogen-bond acceptors (Lipinski definition) is 2. The number of nitrogens with one attached hydrogen (secondary N) is 1. The van der Waals surface area contributed by atoms with Crippen LogP contribution in [0.3, 0.4) is 0 Å². The second-order valence-corrected chi connectivity index (χ2v) is 5.80. The number of nitrogens with zero attached hydrogens (tertiary/aromatic N) is 1. The lowest BCUT2D eigenvalue weighted by Gasteiger charge is -2.26. The molecule has 0 aliphatic heterocycles. The number of halogens is 1. The quantitative estimate of drug-likeness (QED) is 0.777. The van der Waals surface area contributed by atoms with Crippen LogP contribution >= 0.6 is 22.6 Å². The molecule has 1 unspecified atom stereocenters. The number of carbonyl (C=O) groups excluding carboxylic acids is 1. The van der Waals surface area contributed by atoms with Crippen molar-refractivity contribution in [1.82, 2.24) is 10.2 Å². The van der Waals surface area contributed by atoms with Gasteiger partial charge < -0.3 is 5.32 Å². The summed E-state index contributed by atoms with van der Waals surface area (Å²) in [5.74, 6) is 0.0205. The van der Waals surface area contributed by atoms with Crippen LogP contribution in [0.1, 0.15) is 36.7 Å². The zero-order valence-corrected chi connectivity index (χ0v) is 14.3. The molecular weight excluding hydrogens is 351 g/mol. The summed E-state index contributed by atoms with van der Waals surface area (Å²) in [4.78, 5) is 14.5. The van der Waals surface area contributed by atoms with Crippen LogP contribution < -0.4 is 5.32 Å². The van der Waals surface area contributed by atoms with E-state index in [9.17, 15) is 4.79 Å². The van der Waals surface area contributed by atoms with Gasteiger partial charge in [-0.05, 0) is 61.2 Å². The van der Waals surface area contributed by atoms with Crippen molar-refractivity contribution < 1.29 is 4.79 Å². The summed E-state index contributed by atoms with van der Waals surface area (Å²) in [6.45, 7) is 11.2. The average Bonchev–Trinajstić information content (AvgIpc) is 2.40. The van der Waals surface area contributed by atoms with E-state index in [1.165, 1.54) is 0 Å². The molecule has 0 aromatic heterocycles. The van der Waals surface area contributed by atoms with Gasteiger partial charge in [-0.3, -0.25) is 9.69 Å². The number of likely N-dealkylation sites (N-methyl/N-ethyl adjacent to an activating group) is 1. The van der Waals surface area contributed by atoms with Crippen LogP contribution in [0.2, 0.25) is 0 Å². The lowest BCUT2D eigenvalue weighted by atomic mass is 10.1. The third kappa shape index (κ3) is 4.45. The fourth-order valence-electron chi connectivity index (χ4n) is 2.13. The molecule has 0 fully saturated rings. The maximum atomic E-state index is 12.2. The van der Waals surface area contributed by atoms with E-state index in [4.69, 9.17) is 0 Å². The number of amides is 1. The predicted molar refractivity (Wildman–Crippen MR) is 88.6 cm³/mol. The zero-order valence-electron chi connectivity index (χ0n) is 12.2. The normalized spacial score (nSPS) is 12.5. The fourth-order valence-corrected chi connectivity index (χ4v) is 2.74. The van der Waals surface area contributed by atoms with Gasteiger partial charge in [0, 0.05) is 16.2 Å². The van der Waals surface area contributed by atoms with Gasteiger partial charge >= 0.3 is 0 Å². The molecule has 1 rings (SSSR count). The van der Waals surface area contributed by atoms with Crippen molar-refractivity contribution in [3.05, 3.63) is 32.9 Å². The fraction of sp³-hybridized carbons (Fsp3) is 0.533. The van der Waals surface area contributed by atoms with E-state index in [0.29, 0.717) is 12.6 Å². The molecule has 0 bridgehead atoms. The Labute approximate surface area is 129 Å². The molecule has 19 heavy (non-hydrogen) atoms. The molecule has 1 N–H and O–H groups in total. The van der Waals surface area contributed by atoms with Crippen molar-refractivity contribution in [2.75, 3.05) is 19.6 Å². The van der Waals surface area contributed by atoms with Gasteiger partial charge in [-0.2, -0.15) is 0 Å². The number of aryl methyl sites for hydroxylation is 1. The highest BCUT2D eigenvalue weighted by molar-refractivity contribution is 14.1. The molecule has 1 aromatic carbocycles. The Morgan fingerprint density at radius 1 is 1.37 bits per heavy atom. The van der Waals surface area contributed by atoms with Gasteiger partial charge in [0.15, 0.2) is 0 Å². The monoisotopic (exact) mass is 374 g/mol. The van der Waals surface area contributed by atoms with Crippen molar-refractivity contribution in [2.45, 2.75) is 33.7 Å². The molecule has 3 nitrogen and oxygen atoms in total. The van der Waals surface area contributed by atoms with E-state index in [1.54, 1.807) is 0 Å². The number of carbonyl (C=O) groups is 1. The van der Waals surface area contributed by atoms with Crippen molar-refractivity contribution in [3.8, 4) is 0 Å². The molecule has 106 valence electrons. The first-order valence-corrected chi connectivity index (χ1v) is 7.86. The number of hydrogen-bond donors (Lipinski definition) is 1. The van der Waals surface area contributed by atoms with Crippen LogP contribution in [-0.4, -0.2) is 36.5 Å². The van der Waals surface area contributed by atoms with E-state index >= 15 is 0 Å². The minimum absolute atomic E-state index is 0.0205. The smallest absolute Gasteiger partial charge is 0.252 e. The van der Waals surface area contributed by atoms with Crippen LogP contribution in [-0.2, 0) is 0 Å². The van der Waals surface area contributed by atoms with Gasteiger partial charge in [-0.15, -0.1) is 0 Å². The Bertz CT molecular complexity index is 430. The maximum absolute atomic E-state index is 12.2. The molecule has 1 atom stereocenters. The molecule has 4 heteroatoms. The van der Waals surface area contributed by atoms with Crippen LogP contribution in [0.25, 0.3) is 0 Å². The van der Waals surface area contributed by atoms with Gasteiger partial charge in [0.2, 0.25) is 0 Å². The number of benzene rings is 1.